The molecule has 0 saturated heterocycles. The molecular formula is C11H12N2OS. The van der Waals surface area contributed by atoms with Gasteiger partial charge >= 0.3 is 0 Å². The highest BCUT2D eigenvalue weighted by molar-refractivity contribution is 7.08. The van der Waals surface area contributed by atoms with E-state index in [1.807, 2.05) is 24.6 Å². The SMILES string of the molecule is CCn1cc(C(=O)c2cscc2C)cn1. The van der Waals surface area contributed by atoms with Crippen LogP contribution in [0, 0.1) is 6.92 Å². The highest BCUT2D eigenvalue weighted by atomic mass is 32.1. The first-order valence-corrected chi connectivity index (χ1v) is 5.76. The van der Waals surface area contributed by atoms with E-state index in [2.05, 4.69) is 5.10 Å². The van der Waals surface area contributed by atoms with Gasteiger partial charge in [-0.25, -0.2) is 0 Å². The normalized spacial score (nSPS) is 10.5. The largest absolute Gasteiger partial charge is 0.288 e. The Balaban J connectivity index is 2.32. The smallest absolute Gasteiger partial charge is 0.197 e. The van der Waals surface area contributed by atoms with Crippen LogP contribution in [0.5, 0.6) is 0 Å². The Hall–Kier alpha value is -1.42. The van der Waals surface area contributed by atoms with Crippen LogP contribution in [0.15, 0.2) is 23.2 Å². The van der Waals surface area contributed by atoms with Gasteiger partial charge in [-0.2, -0.15) is 16.4 Å². The van der Waals surface area contributed by atoms with Crippen LogP contribution >= 0.6 is 11.3 Å². The third-order valence-corrected chi connectivity index (χ3v) is 3.18. The minimum absolute atomic E-state index is 0.0634. The van der Waals surface area contributed by atoms with Gasteiger partial charge in [0.2, 0.25) is 0 Å². The number of carbonyl (C=O) groups is 1. The summed E-state index contributed by atoms with van der Waals surface area (Å²) in [5.74, 6) is 0.0634. The summed E-state index contributed by atoms with van der Waals surface area (Å²) in [5, 5.41) is 7.97. The Bertz CT molecular complexity index is 484. The van der Waals surface area contributed by atoms with Crippen LogP contribution in [-0.2, 0) is 6.54 Å². The molecule has 0 unspecified atom stereocenters. The van der Waals surface area contributed by atoms with Gasteiger partial charge in [0.05, 0.1) is 11.8 Å². The zero-order valence-electron chi connectivity index (χ0n) is 8.73. The summed E-state index contributed by atoms with van der Waals surface area (Å²) in [7, 11) is 0. The molecule has 0 N–H and O–H groups in total. The Kier molecular flexibility index (Phi) is 2.68. The molecule has 0 aliphatic heterocycles. The molecule has 0 atom stereocenters. The molecule has 0 aliphatic carbocycles. The van der Waals surface area contributed by atoms with Crippen molar-refractivity contribution in [1.29, 1.82) is 0 Å². The number of hydrogen-bond acceptors (Lipinski definition) is 3. The van der Waals surface area contributed by atoms with E-state index in [-0.39, 0.29) is 5.78 Å². The summed E-state index contributed by atoms with van der Waals surface area (Å²) in [4.78, 5) is 12.0. The maximum absolute atomic E-state index is 12.0. The first kappa shape index (κ1) is 10.1. The second-order valence-electron chi connectivity index (χ2n) is 3.38. The number of rotatable bonds is 3. The first-order valence-electron chi connectivity index (χ1n) is 4.82. The van der Waals surface area contributed by atoms with Crippen LogP contribution in [0.25, 0.3) is 0 Å². The van der Waals surface area contributed by atoms with E-state index in [4.69, 9.17) is 0 Å². The molecule has 0 saturated carbocycles. The standard InChI is InChI=1S/C11H12N2OS/c1-3-13-5-9(4-12-13)11(14)10-7-15-6-8(10)2/h4-7H,3H2,1-2H3. The van der Waals surface area contributed by atoms with Crippen LogP contribution in [0.2, 0.25) is 0 Å². The van der Waals surface area contributed by atoms with E-state index in [1.165, 1.54) is 0 Å². The van der Waals surface area contributed by atoms with E-state index >= 15 is 0 Å². The van der Waals surface area contributed by atoms with Gasteiger partial charge in [0, 0.05) is 23.7 Å². The number of thiophene rings is 1. The quantitative estimate of drug-likeness (QED) is 0.745. The van der Waals surface area contributed by atoms with Gasteiger partial charge < -0.3 is 0 Å². The molecule has 0 aromatic carbocycles. The van der Waals surface area contributed by atoms with Gasteiger partial charge in [0.15, 0.2) is 5.78 Å². The molecule has 2 aromatic heterocycles. The molecule has 0 fully saturated rings. The van der Waals surface area contributed by atoms with Gasteiger partial charge in [-0.1, -0.05) is 0 Å². The van der Waals surface area contributed by atoms with Gasteiger partial charge in [-0.15, -0.1) is 0 Å². The topological polar surface area (TPSA) is 34.9 Å². The fourth-order valence-electron chi connectivity index (χ4n) is 1.40. The number of aromatic nitrogens is 2. The number of hydrogen-bond donors (Lipinski definition) is 0. The van der Waals surface area contributed by atoms with Crippen molar-refractivity contribution >= 4 is 17.1 Å². The van der Waals surface area contributed by atoms with E-state index in [1.54, 1.807) is 28.4 Å². The van der Waals surface area contributed by atoms with Crippen molar-refractivity contribution in [2.24, 2.45) is 0 Å². The predicted octanol–water partition coefficient (Wildman–Crippen LogP) is 2.50. The van der Waals surface area contributed by atoms with Crippen molar-refractivity contribution in [1.82, 2.24) is 9.78 Å². The van der Waals surface area contributed by atoms with Gasteiger partial charge in [0.1, 0.15) is 0 Å². The molecule has 78 valence electrons. The first-order chi connectivity index (χ1) is 7.22. The summed E-state index contributed by atoms with van der Waals surface area (Å²) in [6, 6.07) is 0. The van der Waals surface area contributed by atoms with Crippen LogP contribution in [0.4, 0.5) is 0 Å². The maximum atomic E-state index is 12.0. The van der Waals surface area contributed by atoms with Crippen molar-refractivity contribution in [3.05, 3.63) is 39.8 Å². The van der Waals surface area contributed by atoms with E-state index in [0.717, 1.165) is 17.7 Å². The third kappa shape index (κ3) is 1.85. The summed E-state index contributed by atoms with van der Waals surface area (Å²) in [5.41, 5.74) is 2.49. The van der Waals surface area contributed by atoms with Crippen LogP contribution in [0.3, 0.4) is 0 Å². The lowest BCUT2D eigenvalue weighted by Crippen LogP contribution is -2.00. The number of nitrogens with zero attached hydrogens (tertiary/aromatic N) is 2. The van der Waals surface area contributed by atoms with Crippen LogP contribution in [0.1, 0.15) is 28.4 Å². The van der Waals surface area contributed by atoms with Crippen molar-refractivity contribution in [2.75, 3.05) is 0 Å². The summed E-state index contributed by atoms with van der Waals surface area (Å²) >= 11 is 1.55. The average Bonchev–Trinajstić information content (AvgIpc) is 2.84. The molecule has 2 heterocycles. The van der Waals surface area contributed by atoms with Crippen LogP contribution < -0.4 is 0 Å². The summed E-state index contributed by atoms with van der Waals surface area (Å²) in [6.07, 6.45) is 3.42. The van der Waals surface area contributed by atoms with Crippen LogP contribution in [-0.4, -0.2) is 15.6 Å². The lowest BCUT2D eigenvalue weighted by Gasteiger charge is -1.95. The van der Waals surface area contributed by atoms with E-state index in [0.29, 0.717) is 5.56 Å². The monoisotopic (exact) mass is 220 g/mol. The highest BCUT2D eigenvalue weighted by Crippen LogP contribution is 2.17. The molecule has 2 aromatic rings. The molecule has 0 aliphatic rings. The predicted molar refractivity (Wildman–Crippen MR) is 60.4 cm³/mol. The Morgan fingerprint density at radius 1 is 1.53 bits per heavy atom. The maximum Gasteiger partial charge on any atom is 0.197 e. The van der Waals surface area contributed by atoms with Crippen molar-refractivity contribution in [2.45, 2.75) is 20.4 Å². The minimum atomic E-state index is 0.0634. The van der Waals surface area contributed by atoms with Crippen molar-refractivity contribution < 1.29 is 4.79 Å². The van der Waals surface area contributed by atoms with Crippen molar-refractivity contribution in [3.63, 3.8) is 0 Å². The number of aryl methyl sites for hydroxylation is 2. The third-order valence-electron chi connectivity index (χ3n) is 2.32. The Morgan fingerprint density at radius 3 is 2.87 bits per heavy atom. The lowest BCUT2D eigenvalue weighted by molar-refractivity contribution is 0.103. The molecule has 0 radical (unpaired) electrons. The number of ketones is 1. The molecule has 4 heteroatoms. The highest BCUT2D eigenvalue weighted by Gasteiger charge is 2.13. The summed E-state index contributed by atoms with van der Waals surface area (Å²) in [6.45, 7) is 4.74. The molecule has 3 nitrogen and oxygen atoms in total. The fraction of sp³-hybridized carbons (Fsp3) is 0.273. The minimum Gasteiger partial charge on any atom is -0.288 e. The lowest BCUT2D eigenvalue weighted by atomic mass is 10.1. The molecule has 15 heavy (non-hydrogen) atoms. The van der Waals surface area contributed by atoms with E-state index < -0.39 is 0 Å². The zero-order chi connectivity index (χ0) is 10.8. The Morgan fingerprint density at radius 2 is 2.33 bits per heavy atom. The Labute approximate surface area is 92.4 Å². The van der Waals surface area contributed by atoms with E-state index in [9.17, 15) is 4.79 Å². The van der Waals surface area contributed by atoms with Gasteiger partial charge in [-0.05, 0) is 24.8 Å². The average molecular weight is 220 g/mol. The molecule has 2 rings (SSSR count). The molecular weight excluding hydrogens is 208 g/mol. The van der Waals surface area contributed by atoms with Gasteiger partial charge in [0.25, 0.3) is 0 Å². The molecule has 0 spiro atoms. The fourth-order valence-corrected chi connectivity index (χ4v) is 2.23. The zero-order valence-corrected chi connectivity index (χ0v) is 9.54. The molecule has 0 amide bonds. The van der Waals surface area contributed by atoms with Gasteiger partial charge in [-0.3, -0.25) is 9.48 Å². The van der Waals surface area contributed by atoms with Crippen molar-refractivity contribution in [3.8, 4) is 0 Å². The summed E-state index contributed by atoms with van der Waals surface area (Å²) < 4.78 is 1.76. The second-order valence-corrected chi connectivity index (χ2v) is 4.13. The molecule has 0 bridgehead atoms. The number of carbonyl (C=O) groups excluding carboxylic acids is 1. The second kappa shape index (κ2) is 3.98.